The average molecular weight is 245 g/mol. The van der Waals surface area contributed by atoms with Gasteiger partial charge in [-0.25, -0.2) is 0 Å². The predicted molar refractivity (Wildman–Crippen MR) is 74.1 cm³/mol. The fourth-order valence-corrected chi connectivity index (χ4v) is 2.34. The molecule has 0 spiro atoms. The molecule has 2 nitrogen and oxygen atoms in total. The van der Waals surface area contributed by atoms with E-state index >= 15 is 0 Å². The fourth-order valence-electron chi connectivity index (χ4n) is 2.34. The molecule has 0 aliphatic heterocycles. The highest BCUT2D eigenvalue weighted by Gasteiger charge is 2.31. The first-order valence-electron chi connectivity index (χ1n) is 7.06. The highest BCUT2D eigenvalue weighted by atomic mass is 16.2. The van der Waals surface area contributed by atoms with Gasteiger partial charge in [-0.05, 0) is 31.7 Å². The van der Waals surface area contributed by atoms with Crippen LogP contribution >= 0.6 is 0 Å². The predicted octanol–water partition coefficient (Wildman–Crippen LogP) is 3.61. The quantitative estimate of drug-likeness (QED) is 0.776. The van der Waals surface area contributed by atoms with Crippen LogP contribution in [0.15, 0.2) is 30.3 Å². The van der Waals surface area contributed by atoms with Crippen molar-refractivity contribution in [2.24, 2.45) is 5.92 Å². The van der Waals surface area contributed by atoms with Crippen molar-refractivity contribution in [3.63, 3.8) is 0 Å². The van der Waals surface area contributed by atoms with Gasteiger partial charge in [0.15, 0.2) is 0 Å². The minimum atomic E-state index is 0.294. The Kier molecular flexibility index (Phi) is 4.40. The van der Waals surface area contributed by atoms with Crippen molar-refractivity contribution in [3.05, 3.63) is 35.9 Å². The van der Waals surface area contributed by atoms with E-state index in [-0.39, 0.29) is 0 Å². The van der Waals surface area contributed by atoms with Crippen molar-refractivity contribution in [2.75, 3.05) is 0 Å². The molecule has 2 rings (SSSR count). The van der Waals surface area contributed by atoms with Gasteiger partial charge in [0.1, 0.15) is 0 Å². The van der Waals surface area contributed by atoms with Gasteiger partial charge in [-0.2, -0.15) is 0 Å². The van der Waals surface area contributed by atoms with Crippen LogP contribution in [0.1, 0.15) is 45.1 Å². The van der Waals surface area contributed by atoms with Crippen LogP contribution in [-0.4, -0.2) is 16.8 Å². The molecule has 1 unspecified atom stereocenters. The molecular weight excluding hydrogens is 222 g/mol. The van der Waals surface area contributed by atoms with Gasteiger partial charge in [0.25, 0.3) is 0 Å². The van der Waals surface area contributed by atoms with Crippen LogP contribution in [0, 0.1) is 5.92 Å². The zero-order valence-corrected chi connectivity index (χ0v) is 11.4. The summed E-state index contributed by atoms with van der Waals surface area (Å²) >= 11 is 0. The van der Waals surface area contributed by atoms with E-state index in [4.69, 9.17) is 0 Å². The Hall–Kier alpha value is -1.31. The largest absolute Gasteiger partial charge is 0.335 e. The molecule has 98 valence electrons. The molecule has 0 aromatic heterocycles. The average Bonchev–Trinajstić information content (AvgIpc) is 2.34. The Morgan fingerprint density at radius 3 is 2.50 bits per heavy atom. The summed E-state index contributed by atoms with van der Waals surface area (Å²) in [5.74, 6) is 0.655. The first kappa shape index (κ1) is 13.1. The standard InChI is InChI=1S/C16H23NO/c1-3-13(2)17(16(18)15-10-7-11-15)12-14-8-5-4-6-9-14/h4-6,8-9,13,15H,3,7,10-12H2,1-2H3. The van der Waals surface area contributed by atoms with Crippen molar-refractivity contribution < 1.29 is 4.79 Å². The van der Waals surface area contributed by atoms with Crippen LogP contribution < -0.4 is 0 Å². The molecule has 0 saturated heterocycles. The second-order valence-electron chi connectivity index (χ2n) is 5.34. The van der Waals surface area contributed by atoms with Gasteiger partial charge < -0.3 is 4.90 Å². The van der Waals surface area contributed by atoms with Crippen molar-refractivity contribution in [1.82, 2.24) is 4.90 Å². The minimum absolute atomic E-state index is 0.294. The number of amides is 1. The van der Waals surface area contributed by atoms with Crippen LogP contribution in [0.2, 0.25) is 0 Å². The van der Waals surface area contributed by atoms with E-state index in [1.807, 2.05) is 18.2 Å². The topological polar surface area (TPSA) is 20.3 Å². The van der Waals surface area contributed by atoms with Crippen molar-refractivity contribution in [2.45, 2.75) is 52.1 Å². The molecule has 1 saturated carbocycles. The molecule has 1 aromatic carbocycles. The van der Waals surface area contributed by atoms with Gasteiger partial charge >= 0.3 is 0 Å². The number of benzene rings is 1. The lowest BCUT2D eigenvalue weighted by Crippen LogP contribution is -2.43. The number of hydrogen-bond donors (Lipinski definition) is 0. The zero-order chi connectivity index (χ0) is 13.0. The lowest BCUT2D eigenvalue weighted by molar-refractivity contribution is -0.141. The van der Waals surface area contributed by atoms with Gasteiger partial charge in [-0.15, -0.1) is 0 Å². The third-order valence-corrected chi connectivity index (χ3v) is 4.06. The molecule has 1 atom stereocenters. The van der Waals surface area contributed by atoms with Gasteiger partial charge in [-0.1, -0.05) is 43.7 Å². The van der Waals surface area contributed by atoms with Crippen LogP contribution in [-0.2, 0) is 11.3 Å². The number of carbonyl (C=O) groups excluding carboxylic acids is 1. The maximum absolute atomic E-state index is 12.5. The summed E-state index contributed by atoms with van der Waals surface area (Å²) in [5.41, 5.74) is 1.23. The Balaban J connectivity index is 2.07. The number of hydrogen-bond acceptors (Lipinski definition) is 1. The summed E-state index contributed by atoms with van der Waals surface area (Å²) in [6.07, 6.45) is 4.41. The SMILES string of the molecule is CCC(C)N(Cc1ccccc1)C(=O)C1CCC1. The second-order valence-corrected chi connectivity index (χ2v) is 5.34. The Bertz CT molecular complexity index is 383. The molecule has 0 bridgehead atoms. The zero-order valence-electron chi connectivity index (χ0n) is 11.4. The molecule has 1 aliphatic rings. The Morgan fingerprint density at radius 2 is 2.00 bits per heavy atom. The lowest BCUT2D eigenvalue weighted by Gasteiger charge is -2.35. The summed E-state index contributed by atoms with van der Waals surface area (Å²) in [7, 11) is 0. The Labute approximate surface area is 110 Å². The van der Waals surface area contributed by atoms with Crippen molar-refractivity contribution in [1.29, 1.82) is 0 Å². The maximum atomic E-state index is 12.5. The molecule has 0 heterocycles. The first-order chi connectivity index (χ1) is 8.72. The van der Waals surface area contributed by atoms with Crippen LogP contribution in [0.5, 0.6) is 0 Å². The van der Waals surface area contributed by atoms with E-state index in [1.165, 1.54) is 12.0 Å². The van der Waals surface area contributed by atoms with E-state index in [0.29, 0.717) is 17.9 Å². The summed E-state index contributed by atoms with van der Waals surface area (Å²) < 4.78 is 0. The first-order valence-corrected chi connectivity index (χ1v) is 7.06. The minimum Gasteiger partial charge on any atom is -0.335 e. The molecule has 0 radical (unpaired) electrons. The van der Waals surface area contributed by atoms with Gasteiger partial charge in [0.2, 0.25) is 5.91 Å². The normalized spacial score (nSPS) is 17.0. The van der Waals surface area contributed by atoms with Gasteiger partial charge in [0.05, 0.1) is 0 Å². The molecule has 2 heteroatoms. The Morgan fingerprint density at radius 1 is 1.33 bits per heavy atom. The van der Waals surface area contributed by atoms with Crippen LogP contribution in [0.4, 0.5) is 0 Å². The molecule has 0 N–H and O–H groups in total. The maximum Gasteiger partial charge on any atom is 0.226 e. The third-order valence-electron chi connectivity index (χ3n) is 4.06. The molecular formula is C16H23NO. The van der Waals surface area contributed by atoms with E-state index in [9.17, 15) is 4.79 Å². The molecule has 1 fully saturated rings. The summed E-state index contributed by atoms with van der Waals surface area (Å²) in [6, 6.07) is 10.6. The lowest BCUT2D eigenvalue weighted by atomic mass is 9.84. The van der Waals surface area contributed by atoms with Crippen molar-refractivity contribution >= 4 is 5.91 Å². The van der Waals surface area contributed by atoms with Crippen LogP contribution in [0.25, 0.3) is 0 Å². The molecule has 18 heavy (non-hydrogen) atoms. The summed E-state index contributed by atoms with van der Waals surface area (Å²) in [6.45, 7) is 5.06. The number of carbonyl (C=O) groups is 1. The van der Waals surface area contributed by atoms with Crippen LogP contribution in [0.3, 0.4) is 0 Å². The molecule has 1 aliphatic carbocycles. The third kappa shape index (κ3) is 2.92. The van der Waals surface area contributed by atoms with E-state index in [2.05, 4.69) is 30.9 Å². The fraction of sp³-hybridized carbons (Fsp3) is 0.562. The highest BCUT2D eigenvalue weighted by molar-refractivity contribution is 5.79. The highest BCUT2D eigenvalue weighted by Crippen LogP contribution is 2.29. The monoisotopic (exact) mass is 245 g/mol. The molecule has 1 amide bonds. The number of rotatable bonds is 5. The van der Waals surface area contributed by atoms with E-state index in [0.717, 1.165) is 25.8 Å². The molecule has 1 aromatic rings. The van der Waals surface area contributed by atoms with E-state index < -0.39 is 0 Å². The van der Waals surface area contributed by atoms with Gasteiger partial charge in [0, 0.05) is 18.5 Å². The number of nitrogens with zero attached hydrogens (tertiary/aromatic N) is 1. The summed E-state index contributed by atoms with van der Waals surface area (Å²) in [5, 5.41) is 0. The summed E-state index contributed by atoms with van der Waals surface area (Å²) in [4.78, 5) is 14.5. The van der Waals surface area contributed by atoms with Crippen molar-refractivity contribution in [3.8, 4) is 0 Å². The van der Waals surface area contributed by atoms with E-state index in [1.54, 1.807) is 0 Å². The second kappa shape index (κ2) is 6.03. The smallest absolute Gasteiger partial charge is 0.226 e. The van der Waals surface area contributed by atoms with Gasteiger partial charge in [-0.3, -0.25) is 4.79 Å².